The Morgan fingerprint density at radius 1 is 1.04 bits per heavy atom. The van der Waals surface area contributed by atoms with Gasteiger partial charge in [0.25, 0.3) is 0 Å². The molecule has 5 heteroatoms. The van der Waals surface area contributed by atoms with Gasteiger partial charge in [-0.3, -0.25) is 4.79 Å². The van der Waals surface area contributed by atoms with E-state index in [4.69, 9.17) is 9.47 Å². The molecule has 2 aromatic carbocycles. The van der Waals surface area contributed by atoms with Gasteiger partial charge in [0.15, 0.2) is 11.5 Å². The van der Waals surface area contributed by atoms with Crippen LogP contribution in [-0.2, 0) is 0 Å². The zero-order chi connectivity index (χ0) is 20.1. The van der Waals surface area contributed by atoms with Crippen molar-refractivity contribution in [3.63, 3.8) is 0 Å². The molecule has 0 saturated heterocycles. The number of para-hydroxylation sites is 1. The molecule has 5 nitrogen and oxygen atoms in total. The predicted octanol–water partition coefficient (Wildman–Crippen LogP) is 3.86. The Morgan fingerprint density at radius 2 is 1.75 bits per heavy atom. The van der Waals surface area contributed by atoms with Crippen LogP contribution in [0.3, 0.4) is 0 Å². The fourth-order valence-corrected chi connectivity index (χ4v) is 3.50. The minimum absolute atomic E-state index is 0.110. The molecular weight excluding hydrogens is 352 g/mol. The summed E-state index contributed by atoms with van der Waals surface area (Å²) in [6.07, 6.45) is 1.81. The largest absolute Gasteiger partial charge is 0.490 e. The average molecular weight is 381 g/mol. The van der Waals surface area contributed by atoms with E-state index in [9.17, 15) is 4.79 Å². The van der Waals surface area contributed by atoms with Crippen molar-refractivity contribution >= 4 is 16.7 Å². The number of carbonyl (C=O) groups is 1. The molecule has 2 atom stereocenters. The molecule has 0 amide bonds. The lowest BCUT2D eigenvalue weighted by atomic mass is 10.0. The van der Waals surface area contributed by atoms with Crippen LogP contribution in [0.25, 0.3) is 10.9 Å². The fourth-order valence-electron chi connectivity index (χ4n) is 3.50. The van der Waals surface area contributed by atoms with Crippen molar-refractivity contribution in [2.45, 2.75) is 39.8 Å². The van der Waals surface area contributed by atoms with Crippen molar-refractivity contribution in [3.05, 3.63) is 59.8 Å². The molecule has 0 aliphatic rings. The zero-order valence-corrected chi connectivity index (χ0v) is 17.0. The van der Waals surface area contributed by atoms with Crippen LogP contribution < -0.4 is 14.8 Å². The first-order chi connectivity index (χ1) is 13.5. The Kier molecular flexibility index (Phi) is 6.37. The SMILES string of the molecule is CCOc1ccc([C@@H](C)[NH2+][C@H](C)C(=O)c2c[nH]c3ccccc23)cc1OCC. The molecule has 0 unspecified atom stereocenters. The highest BCUT2D eigenvalue weighted by Crippen LogP contribution is 2.30. The van der Waals surface area contributed by atoms with Crippen LogP contribution in [0.4, 0.5) is 0 Å². The number of hydrogen-bond acceptors (Lipinski definition) is 3. The number of nitrogens with one attached hydrogen (secondary N) is 1. The van der Waals surface area contributed by atoms with Gasteiger partial charge >= 0.3 is 0 Å². The molecule has 0 saturated carbocycles. The number of Topliss-reactive ketones (excluding diaryl/α,β-unsaturated/α-hetero) is 1. The van der Waals surface area contributed by atoms with Crippen molar-refractivity contribution < 1.29 is 19.6 Å². The molecular formula is C23H29N2O3+. The average Bonchev–Trinajstić information content (AvgIpc) is 3.13. The smallest absolute Gasteiger partial charge is 0.221 e. The number of rotatable bonds is 9. The second kappa shape index (κ2) is 8.93. The van der Waals surface area contributed by atoms with E-state index in [-0.39, 0.29) is 17.9 Å². The van der Waals surface area contributed by atoms with Gasteiger partial charge in [-0.05, 0) is 52.0 Å². The van der Waals surface area contributed by atoms with E-state index in [1.165, 1.54) is 0 Å². The maximum absolute atomic E-state index is 13.0. The highest BCUT2D eigenvalue weighted by Gasteiger charge is 2.24. The van der Waals surface area contributed by atoms with Crippen LogP contribution in [0.2, 0.25) is 0 Å². The third-order valence-electron chi connectivity index (χ3n) is 4.94. The summed E-state index contributed by atoms with van der Waals surface area (Å²) in [5.41, 5.74) is 2.83. The third-order valence-corrected chi connectivity index (χ3v) is 4.94. The van der Waals surface area contributed by atoms with Gasteiger partial charge in [0.05, 0.1) is 13.2 Å². The first-order valence-electron chi connectivity index (χ1n) is 9.90. The maximum atomic E-state index is 13.0. The summed E-state index contributed by atoms with van der Waals surface area (Å²) in [7, 11) is 0. The normalized spacial score (nSPS) is 13.3. The fraction of sp³-hybridized carbons (Fsp3) is 0.348. The number of benzene rings is 2. The molecule has 1 aromatic heterocycles. The van der Waals surface area contributed by atoms with Gasteiger partial charge < -0.3 is 19.8 Å². The van der Waals surface area contributed by atoms with E-state index >= 15 is 0 Å². The molecule has 3 aromatic rings. The second-order valence-corrected chi connectivity index (χ2v) is 6.95. The third kappa shape index (κ3) is 4.20. The van der Waals surface area contributed by atoms with E-state index in [1.54, 1.807) is 0 Å². The Bertz CT molecular complexity index is 948. The van der Waals surface area contributed by atoms with Gasteiger partial charge in [-0.15, -0.1) is 0 Å². The Hall–Kier alpha value is -2.79. The second-order valence-electron chi connectivity index (χ2n) is 6.95. The van der Waals surface area contributed by atoms with E-state index in [0.717, 1.165) is 33.5 Å². The Morgan fingerprint density at radius 3 is 2.50 bits per heavy atom. The van der Waals surface area contributed by atoms with Crippen LogP contribution in [0.5, 0.6) is 11.5 Å². The summed E-state index contributed by atoms with van der Waals surface area (Å²) in [5, 5.41) is 3.07. The van der Waals surface area contributed by atoms with Gasteiger partial charge in [-0.25, -0.2) is 0 Å². The lowest BCUT2D eigenvalue weighted by Crippen LogP contribution is -2.91. The first kappa shape index (κ1) is 20.0. The number of H-pyrrole nitrogens is 1. The summed E-state index contributed by atoms with van der Waals surface area (Å²) in [4.78, 5) is 16.2. The molecule has 0 spiro atoms. The molecule has 0 bridgehead atoms. The number of ketones is 1. The van der Waals surface area contributed by atoms with Gasteiger partial charge in [0, 0.05) is 28.2 Å². The number of carbonyl (C=O) groups excluding carboxylic acids is 1. The Balaban J connectivity index is 1.75. The van der Waals surface area contributed by atoms with Crippen LogP contribution in [0.15, 0.2) is 48.7 Å². The molecule has 3 rings (SSSR count). The number of aromatic amines is 1. The number of aromatic nitrogens is 1. The van der Waals surface area contributed by atoms with E-state index in [2.05, 4.69) is 17.2 Å². The number of quaternary nitrogens is 1. The molecule has 148 valence electrons. The Labute approximate surface area is 166 Å². The van der Waals surface area contributed by atoms with Gasteiger partial charge in [-0.1, -0.05) is 18.2 Å². The summed E-state index contributed by atoms with van der Waals surface area (Å²) in [6.45, 7) is 9.15. The van der Waals surface area contributed by atoms with E-state index < -0.39 is 0 Å². The highest BCUT2D eigenvalue weighted by molar-refractivity contribution is 6.09. The molecule has 1 heterocycles. The van der Waals surface area contributed by atoms with Gasteiger partial charge in [0.1, 0.15) is 12.1 Å². The molecule has 28 heavy (non-hydrogen) atoms. The van der Waals surface area contributed by atoms with Crippen molar-refractivity contribution in [2.75, 3.05) is 13.2 Å². The number of hydrogen-bond donors (Lipinski definition) is 2. The minimum atomic E-state index is -0.198. The topological polar surface area (TPSA) is 67.9 Å². The molecule has 0 fully saturated rings. The van der Waals surface area contributed by atoms with Gasteiger partial charge in [0.2, 0.25) is 5.78 Å². The van der Waals surface area contributed by atoms with Crippen LogP contribution in [-0.4, -0.2) is 30.0 Å². The minimum Gasteiger partial charge on any atom is -0.490 e. The maximum Gasteiger partial charge on any atom is 0.221 e. The quantitative estimate of drug-likeness (QED) is 0.553. The summed E-state index contributed by atoms with van der Waals surface area (Å²) >= 11 is 0. The number of ether oxygens (including phenoxy) is 2. The number of fused-ring (bicyclic) bond motifs is 1. The monoisotopic (exact) mass is 381 g/mol. The van der Waals surface area contributed by atoms with Crippen LogP contribution >= 0.6 is 0 Å². The summed E-state index contributed by atoms with van der Waals surface area (Å²) < 4.78 is 11.4. The lowest BCUT2D eigenvalue weighted by Gasteiger charge is -2.18. The van der Waals surface area contributed by atoms with Crippen LogP contribution in [0.1, 0.15) is 49.7 Å². The van der Waals surface area contributed by atoms with Crippen LogP contribution in [0, 0.1) is 0 Å². The molecule has 0 radical (unpaired) electrons. The predicted molar refractivity (Wildman–Crippen MR) is 111 cm³/mol. The molecule has 0 aliphatic carbocycles. The van der Waals surface area contributed by atoms with Crippen molar-refractivity contribution in [3.8, 4) is 11.5 Å². The summed E-state index contributed by atoms with van der Waals surface area (Å²) in [5.74, 6) is 1.63. The highest BCUT2D eigenvalue weighted by atomic mass is 16.5. The van der Waals surface area contributed by atoms with Gasteiger partial charge in [-0.2, -0.15) is 0 Å². The van der Waals surface area contributed by atoms with Crippen molar-refractivity contribution in [2.24, 2.45) is 0 Å². The van der Waals surface area contributed by atoms with E-state index in [1.807, 2.05) is 69.4 Å². The first-order valence-corrected chi connectivity index (χ1v) is 9.90. The van der Waals surface area contributed by atoms with E-state index in [0.29, 0.717) is 13.2 Å². The summed E-state index contributed by atoms with van der Waals surface area (Å²) in [6, 6.07) is 13.8. The standard InChI is InChI=1S/C23H28N2O3/c1-5-27-21-12-11-17(13-22(21)28-6-2)15(3)25-16(4)23(26)19-14-24-20-10-8-7-9-18(19)20/h7-16,24-25H,5-6H2,1-4H3/p+1/t15-,16-/m1/s1. The molecule has 0 aliphatic heterocycles. The van der Waals surface area contributed by atoms with Crippen molar-refractivity contribution in [1.82, 2.24) is 4.98 Å². The lowest BCUT2D eigenvalue weighted by molar-refractivity contribution is -0.709. The van der Waals surface area contributed by atoms with Crippen molar-refractivity contribution in [1.29, 1.82) is 0 Å². The number of nitrogens with two attached hydrogens (primary N) is 1. The molecule has 3 N–H and O–H groups in total. The zero-order valence-electron chi connectivity index (χ0n) is 17.0.